The average molecular weight is 273 g/mol. The second-order valence-corrected chi connectivity index (χ2v) is 4.52. The lowest BCUT2D eigenvalue weighted by molar-refractivity contribution is 0.0784. The van der Waals surface area contributed by atoms with Crippen LogP contribution in [0.2, 0.25) is 0 Å². The van der Waals surface area contributed by atoms with Gasteiger partial charge in [-0.2, -0.15) is 0 Å². The fourth-order valence-corrected chi connectivity index (χ4v) is 1.91. The first kappa shape index (κ1) is 14.1. The molecule has 2 rings (SSSR count). The molecule has 0 saturated heterocycles. The maximum atomic E-state index is 12.8. The Bertz CT molecular complexity index is 596. The molecule has 20 heavy (non-hydrogen) atoms. The molecule has 0 fully saturated rings. The lowest BCUT2D eigenvalue weighted by atomic mass is 10.1. The Hall–Kier alpha value is -2.36. The molecule has 1 amide bonds. The van der Waals surface area contributed by atoms with Crippen LogP contribution in [-0.4, -0.2) is 25.0 Å². The molecular weight excluding hydrogens is 257 g/mol. The van der Waals surface area contributed by atoms with Gasteiger partial charge < -0.3 is 9.64 Å². The summed E-state index contributed by atoms with van der Waals surface area (Å²) in [6, 6.07) is 13.1. The maximum Gasteiger partial charge on any atom is 0.254 e. The summed E-state index contributed by atoms with van der Waals surface area (Å²) >= 11 is 0. The number of nitrogens with zero attached hydrogens (tertiary/aromatic N) is 1. The van der Waals surface area contributed by atoms with Crippen LogP contribution in [0.1, 0.15) is 15.9 Å². The Kier molecular flexibility index (Phi) is 4.35. The minimum absolute atomic E-state index is 0.103. The Labute approximate surface area is 117 Å². The number of ether oxygens (including phenoxy) is 1. The number of rotatable bonds is 4. The summed E-state index contributed by atoms with van der Waals surface area (Å²) in [5.41, 5.74) is 1.44. The molecule has 0 N–H and O–H groups in total. The standard InChI is InChI=1S/C16H16FNO2/c1-18(11-12-6-8-14(17)9-7-12)16(19)13-4-3-5-15(10-13)20-2/h3-10H,11H2,1-2H3. The van der Waals surface area contributed by atoms with Gasteiger partial charge in [0, 0.05) is 19.2 Å². The molecule has 4 heteroatoms. The van der Waals surface area contributed by atoms with Crippen molar-refractivity contribution in [1.29, 1.82) is 0 Å². The van der Waals surface area contributed by atoms with Gasteiger partial charge in [-0.1, -0.05) is 18.2 Å². The van der Waals surface area contributed by atoms with E-state index < -0.39 is 0 Å². The van der Waals surface area contributed by atoms with Crippen molar-refractivity contribution in [1.82, 2.24) is 4.90 Å². The SMILES string of the molecule is COc1cccc(C(=O)N(C)Cc2ccc(F)cc2)c1. The fourth-order valence-electron chi connectivity index (χ4n) is 1.91. The molecule has 2 aromatic rings. The van der Waals surface area contributed by atoms with E-state index in [0.29, 0.717) is 17.9 Å². The smallest absolute Gasteiger partial charge is 0.254 e. The molecule has 104 valence electrons. The second-order valence-electron chi connectivity index (χ2n) is 4.52. The summed E-state index contributed by atoms with van der Waals surface area (Å²) < 4.78 is 17.9. The van der Waals surface area contributed by atoms with E-state index in [1.807, 2.05) is 0 Å². The fraction of sp³-hybridized carbons (Fsp3) is 0.188. The molecule has 0 unspecified atom stereocenters. The molecule has 0 aliphatic rings. The topological polar surface area (TPSA) is 29.5 Å². The molecule has 0 aliphatic heterocycles. The first-order chi connectivity index (χ1) is 9.60. The van der Waals surface area contributed by atoms with Crippen LogP contribution in [0.15, 0.2) is 48.5 Å². The van der Waals surface area contributed by atoms with Gasteiger partial charge in [-0.3, -0.25) is 4.79 Å². The van der Waals surface area contributed by atoms with Crippen LogP contribution in [-0.2, 0) is 6.54 Å². The molecule has 0 bridgehead atoms. The zero-order valence-electron chi connectivity index (χ0n) is 11.5. The second kappa shape index (κ2) is 6.19. The minimum Gasteiger partial charge on any atom is -0.497 e. The Morgan fingerprint density at radius 1 is 1.20 bits per heavy atom. The van der Waals surface area contributed by atoms with Gasteiger partial charge in [-0.15, -0.1) is 0 Å². The van der Waals surface area contributed by atoms with Crippen LogP contribution < -0.4 is 4.74 Å². The van der Waals surface area contributed by atoms with E-state index >= 15 is 0 Å². The predicted molar refractivity (Wildman–Crippen MR) is 75.2 cm³/mol. The van der Waals surface area contributed by atoms with Gasteiger partial charge in [-0.05, 0) is 35.9 Å². The van der Waals surface area contributed by atoms with Crippen molar-refractivity contribution < 1.29 is 13.9 Å². The molecule has 0 atom stereocenters. The zero-order valence-corrected chi connectivity index (χ0v) is 11.5. The third kappa shape index (κ3) is 3.35. The van der Waals surface area contributed by atoms with Crippen LogP contribution in [0.5, 0.6) is 5.75 Å². The van der Waals surface area contributed by atoms with Crippen molar-refractivity contribution >= 4 is 5.91 Å². The number of carbonyl (C=O) groups is 1. The zero-order chi connectivity index (χ0) is 14.5. The van der Waals surface area contributed by atoms with Crippen LogP contribution in [0.4, 0.5) is 4.39 Å². The van der Waals surface area contributed by atoms with Crippen molar-refractivity contribution in [3.05, 3.63) is 65.5 Å². The number of halogens is 1. The van der Waals surface area contributed by atoms with Crippen LogP contribution >= 0.6 is 0 Å². The number of hydrogen-bond acceptors (Lipinski definition) is 2. The predicted octanol–water partition coefficient (Wildman–Crippen LogP) is 3.11. The van der Waals surface area contributed by atoms with Gasteiger partial charge in [0.2, 0.25) is 0 Å². The van der Waals surface area contributed by atoms with Crippen molar-refractivity contribution in [3.8, 4) is 5.75 Å². The Morgan fingerprint density at radius 3 is 2.55 bits per heavy atom. The highest BCUT2D eigenvalue weighted by Gasteiger charge is 2.12. The number of hydrogen-bond donors (Lipinski definition) is 0. The normalized spacial score (nSPS) is 10.2. The largest absolute Gasteiger partial charge is 0.497 e. The first-order valence-electron chi connectivity index (χ1n) is 6.24. The van der Waals surface area contributed by atoms with E-state index in [4.69, 9.17) is 4.74 Å². The van der Waals surface area contributed by atoms with Gasteiger partial charge in [-0.25, -0.2) is 4.39 Å². The summed E-state index contributed by atoms with van der Waals surface area (Å²) in [7, 11) is 3.27. The van der Waals surface area contributed by atoms with E-state index in [9.17, 15) is 9.18 Å². The third-order valence-electron chi connectivity index (χ3n) is 3.00. The monoisotopic (exact) mass is 273 g/mol. The average Bonchev–Trinajstić information content (AvgIpc) is 2.48. The summed E-state index contributed by atoms with van der Waals surface area (Å²) in [6.07, 6.45) is 0. The molecule has 0 aliphatic carbocycles. The van der Waals surface area contributed by atoms with Gasteiger partial charge in [0.1, 0.15) is 11.6 Å². The Balaban J connectivity index is 2.09. The van der Waals surface area contributed by atoms with E-state index in [-0.39, 0.29) is 11.7 Å². The highest BCUT2D eigenvalue weighted by molar-refractivity contribution is 5.94. The van der Waals surface area contributed by atoms with E-state index in [2.05, 4.69) is 0 Å². The van der Waals surface area contributed by atoms with Gasteiger partial charge in [0.25, 0.3) is 5.91 Å². The van der Waals surface area contributed by atoms with Crippen molar-refractivity contribution in [2.24, 2.45) is 0 Å². The molecule has 0 radical (unpaired) electrons. The van der Waals surface area contributed by atoms with Crippen LogP contribution in [0.3, 0.4) is 0 Å². The molecule has 0 aromatic heterocycles. The van der Waals surface area contributed by atoms with Gasteiger partial charge in [0.15, 0.2) is 0 Å². The van der Waals surface area contributed by atoms with Crippen molar-refractivity contribution in [2.45, 2.75) is 6.54 Å². The van der Waals surface area contributed by atoms with Gasteiger partial charge in [0.05, 0.1) is 7.11 Å². The summed E-state index contributed by atoms with van der Waals surface area (Å²) in [5, 5.41) is 0. The quantitative estimate of drug-likeness (QED) is 0.856. The van der Waals surface area contributed by atoms with E-state index in [0.717, 1.165) is 5.56 Å². The van der Waals surface area contributed by atoms with Crippen molar-refractivity contribution in [2.75, 3.05) is 14.2 Å². The first-order valence-corrected chi connectivity index (χ1v) is 6.24. The number of carbonyl (C=O) groups excluding carboxylic acids is 1. The third-order valence-corrected chi connectivity index (χ3v) is 3.00. The molecule has 0 heterocycles. The molecule has 2 aromatic carbocycles. The van der Waals surface area contributed by atoms with E-state index in [1.165, 1.54) is 12.1 Å². The molecule has 0 spiro atoms. The van der Waals surface area contributed by atoms with Crippen LogP contribution in [0.25, 0.3) is 0 Å². The highest BCUT2D eigenvalue weighted by atomic mass is 19.1. The highest BCUT2D eigenvalue weighted by Crippen LogP contribution is 2.15. The van der Waals surface area contributed by atoms with Gasteiger partial charge >= 0.3 is 0 Å². The maximum absolute atomic E-state index is 12.8. The van der Waals surface area contributed by atoms with Crippen molar-refractivity contribution in [3.63, 3.8) is 0 Å². The molecular formula is C16H16FNO2. The minimum atomic E-state index is -0.282. The number of methoxy groups -OCH3 is 1. The molecule has 0 saturated carbocycles. The van der Waals surface area contributed by atoms with E-state index in [1.54, 1.807) is 55.5 Å². The lowest BCUT2D eigenvalue weighted by Gasteiger charge is -2.17. The van der Waals surface area contributed by atoms with Crippen LogP contribution in [0, 0.1) is 5.82 Å². The summed E-state index contributed by atoms with van der Waals surface area (Å²) in [6.45, 7) is 0.427. The summed E-state index contributed by atoms with van der Waals surface area (Å²) in [4.78, 5) is 13.9. The lowest BCUT2D eigenvalue weighted by Crippen LogP contribution is -2.26. The molecule has 3 nitrogen and oxygen atoms in total. The summed E-state index contributed by atoms with van der Waals surface area (Å²) in [5.74, 6) is 0.259. The number of amides is 1. The Morgan fingerprint density at radius 2 is 1.90 bits per heavy atom. The number of benzene rings is 2.